The van der Waals surface area contributed by atoms with Crippen LogP contribution in [0.15, 0.2) is 0 Å². The van der Waals surface area contributed by atoms with Crippen LogP contribution in [0.25, 0.3) is 0 Å². The Balaban J connectivity index is 2.12. The Morgan fingerprint density at radius 1 is 1.47 bits per heavy atom. The molecular formula is C12H18ClNS. The smallest absolute Gasteiger partial charge is 0.0936 e. The fraction of sp³-hybridized carbons (Fsp3) is 0.750. The molecule has 0 N–H and O–H groups in total. The zero-order chi connectivity index (χ0) is 11.1. The zero-order valence-corrected chi connectivity index (χ0v) is 11.2. The maximum absolute atomic E-state index is 6.12. The van der Waals surface area contributed by atoms with E-state index in [0.717, 1.165) is 18.2 Å². The molecule has 2 rings (SSSR count). The first-order valence-corrected chi connectivity index (χ1v) is 6.89. The van der Waals surface area contributed by atoms with E-state index in [1.807, 2.05) is 11.3 Å². The van der Waals surface area contributed by atoms with Crippen molar-refractivity contribution < 1.29 is 0 Å². The van der Waals surface area contributed by atoms with Gasteiger partial charge in [-0.15, -0.1) is 22.9 Å². The highest BCUT2D eigenvalue weighted by Gasteiger charge is 2.41. The molecular weight excluding hydrogens is 226 g/mol. The number of nitrogens with zero attached hydrogens (tertiary/aromatic N) is 1. The van der Waals surface area contributed by atoms with Crippen LogP contribution in [-0.4, -0.2) is 10.9 Å². The first-order chi connectivity index (χ1) is 7.05. The molecule has 1 heterocycles. The Bertz CT molecular complexity index is 337. The second kappa shape index (κ2) is 4.06. The predicted octanol–water partition coefficient (Wildman–Crippen LogP) is 3.96. The van der Waals surface area contributed by atoms with Crippen molar-refractivity contribution in [1.29, 1.82) is 0 Å². The van der Waals surface area contributed by atoms with Crippen LogP contribution in [0.4, 0.5) is 0 Å². The Hall–Kier alpha value is -0.0800. The van der Waals surface area contributed by atoms with E-state index in [9.17, 15) is 0 Å². The molecule has 1 saturated carbocycles. The number of hydrogen-bond acceptors (Lipinski definition) is 2. The summed E-state index contributed by atoms with van der Waals surface area (Å²) in [4.78, 5) is 5.96. The van der Waals surface area contributed by atoms with Crippen molar-refractivity contribution in [3.63, 3.8) is 0 Å². The van der Waals surface area contributed by atoms with Crippen LogP contribution in [-0.2, 0) is 6.42 Å². The molecule has 0 radical (unpaired) electrons. The molecule has 1 unspecified atom stereocenters. The molecule has 1 nitrogen and oxygen atoms in total. The summed E-state index contributed by atoms with van der Waals surface area (Å²) in [6.07, 6.45) is 3.76. The lowest BCUT2D eigenvalue weighted by atomic mass is 9.84. The summed E-state index contributed by atoms with van der Waals surface area (Å²) >= 11 is 7.95. The van der Waals surface area contributed by atoms with Crippen LogP contribution in [0.3, 0.4) is 0 Å². The highest BCUT2D eigenvalue weighted by molar-refractivity contribution is 7.11. The van der Waals surface area contributed by atoms with Gasteiger partial charge in [0.1, 0.15) is 0 Å². The molecule has 0 amide bonds. The standard InChI is InChI=1S/C12H18ClNS/c1-8-9(2)15-11(14-8)6-12(3,7-13)10-4-5-10/h10H,4-7H2,1-3H3. The number of alkyl halides is 1. The number of hydrogen-bond donors (Lipinski definition) is 0. The molecule has 1 aliphatic rings. The normalized spacial score (nSPS) is 20.3. The van der Waals surface area contributed by atoms with Crippen molar-refractivity contribution in [3.05, 3.63) is 15.6 Å². The third kappa shape index (κ3) is 2.36. The van der Waals surface area contributed by atoms with Crippen LogP contribution >= 0.6 is 22.9 Å². The van der Waals surface area contributed by atoms with Crippen molar-refractivity contribution in [2.24, 2.45) is 11.3 Å². The molecule has 0 aromatic carbocycles. The van der Waals surface area contributed by atoms with E-state index in [0.29, 0.717) is 0 Å². The zero-order valence-electron chi connectivity index (χ0n) is 9.64. The Morgan fingerprint density at radius 3 is 2.53 bits per heavy atom. The molecule has 15 heavy (non-hydrogen) atoms. The van der Waals surface area contributed by atoms with Crippen LogP contribution in [0.1, 0.15) is 35.3 Å². The van der Waals surface area contributed by atoms with Gasteiger partial charge in [-0.1, -0.05) is 6.92 Å². The fourth-order valence-electron chi connectivity index (χ4n) is 2.04. The summed E-state index contributed by atoms with van der Waals surface area (Å²) in [7, 11) is 0. The van der Waals surface area contributed by atoms with E-state index < -0.39 is 0 Å². The molecule has 0 spiro atoms. The lowest BCUT2D eigenvalue weighted by Gasteiger charge is -2.25. The summed E-state index contributed by atoms with van der Waals surface area (Å²) in [6.45, 7) is 6.54. The topological polar surface area (TPSA) is 12.9 Å². The minimum Gasteiger partial charge on any atom is -0.246 e. The van der Waals surface area contributed by atoms with Gasteiger partial charge in [-0.2, -0.15) is 0 Å². The molecule has 0 aliphatic heterocycles. The van der Waals surface area contributed by atoms with Gasteiger partial charge in [-0.05, 0) is 38.0 Å². The molecule has 1 aromatic rings. The Morgan fingerprint density at radius 2 is 2.13 bits per heavy atom. The van der Waals surface area contributed by atoms with Gasteiger partial charge in [-0.25, -0.2) is 4.98 Å². The summed E-state index contributed by atoms with van der Waals surface area (Å²) in [5, 5.41) is 1.26. The third-order valence-electron chi connectivity index (χ3n) is 3.50. The summed E-state index contributed by atoms with van der Waals surface area (Å²) < 4.78 is 0. The average Bonchev–Trinajstić information content (AvgIpc) is 2.96. The molecule has 1 aliphatic carbocycles. The maximum atomic E-state index is 6.12. The van der Waals surface area contributed by atoms with E-state index in [4.69, 9.17) is 11.6 Å². The van der Waals surface area contributed by atoms with Gasteiger partial charge >= 0.3 is 0 Å². The van der Waals surface area contributed by atoms with E-state index in [1.54, 1.807) is 0 Å². The summed E-state index contributed by atoms with van der Waals surface area (Å²) in [6, 6.07) is 0. The quantitative estimate of drug-likeness (QED) is 0.730. The number of aromatic nitrogens is 1. The summed E-state index contributed by atoms with van der Waals surface area (Å²) in [5.41, 5.74) is 1.46. The van der Waals surface area contributed by atoms with Gasteiger partial charge in [0.15, 0.2) is 0 Å². The highest BCUT2D eigenvalue weighted by Crippen LogP contribution is 2.48. The molecule has 1 atom stereocenters. The Kier molecular flexibility index (Phi) is 3.09. The van der Waals surface area contributed by atoms with E-state index in [1.165, 1.54) is 28.4 Å². The van der Waals surface area contributed by atoms with Gasteiger partial charge in [0.2, 0.25) is 0 Å². The fourth-order valence-corrected chi connectivity index (χ4v) is 3.49. The van der Waals surface area contributed by atoms with Crippen LogP contribution in [0.5, 0.6) is 0 Å². The van der Waals surface area contributed by atoms with E-state index >= 15 is 0 Å². The SMILES string of the molecule is Cc1nc(CC(C)(CCl)C2CC2)sc1C. The first-order valence-electron chi connectivity index (χ1n) is 5.54. The minimum absolute atomic E-state index is 0.276. The van der Waals surface area contributed by atoms with Crippen molar-refractivity contribution in [2.45, 2.75) is 40.0 Å². The molecule has 84 valence electrons. The van der Waals surface area contributed by atoms with Gasteiger partial charge in [0.05, 0.1) is 10.7 Å². The number of thiazole rings is 1. The minimum atomic E-state index is 0.276. The van der Waals surface area contributed by atoms with Crippen molar-refractivity contribution in [1.82, 2.24) is 4.98 Å². The second-order valence-electron chi connectivity index (χ2n) is 4.99. The van der Waals surface area contributed by atoms with Gasteiger partial charge in [-0.3, -0.25) is 0 Å². The number of aryl methyl sites for hydroxylation is 2. The van der Waals surface area contributed by atoms with Gasteiger partial charge in [0, 0.05) is 17.2 Å². The molecule has 0 saturated heterocycles. The Labute approximate surface area is 101 Å². The maximum Gasteiger partial charge on any atom is 0.0936 e. The van der Waals surface area contributed by atoms with Gasteiger partial charge in [0.25, 0.3) is 0 Å². The van der Waals surface area contributed by atoms with E-state index in [-0.39, 0.29) is 5.41 Å². The predicted molar refractivity (Wildman–Crippen MR) is 66.8 cm³/mol. The molecule has 0 bridgehead atoms. The second-order valence-corrected chi connectivity index (χ2v) is 6.54. The van der Waals surface area contributed by atoms with Crippen molar-refractivity contribution in [2.75, 3.05) is 5.88 Å². The largest absolute Gasteiger partial charge is 0.246 e. The number of rotatable bonds is 4. The van der Waals surface area contributed by atoms with Crippen LogP contribution < -0.4 is 0 Å². The molecule has 1 fully saturated rings. The van der Waals surface area contributed by atoms with Crippen LogP contribution in [0, 0.1) is 25.2 Å². The monoisotopic (exact) mass is 243 g/mol. The first kappa shape index (κ1) is 11.4. The highest BCUT2D eigenvalue weighted by atomic mass is 35.5. The van der Waals surface area contributed by atoms with Crippen molar-refractivity contribution >= 4 is 22.9 Å². The molecule has 3 heteroatoms. The van der Waals surface area contributed by atoms with E-state index in [2.05, 4.69) is 25.8 Å². The third-order valence-corrected chi connectivity index (χ3v) is 5.18. The van der Waals surface area contributed by atoms with Gasteiger partial charge < -0.3 is 0 Å². The lowest BCUT2D eigenvalue weighted by molar-refractivity contribution is 0.313. The van der Waals surface area contributed by atoms with Crippen molar-refractivity contribution in [3.8, 4) is 0 Å². The van der Waals surface area contributed by atoms with Crippen LogP contribution in [0.2, 0.25) is 0 Å². The summed E-state index contributed by atoms with van der Waals surface area (Å²) in [5.74, 6) is 1.59. The lowest BCUT2D eigenvalue weighted by Crippen LogP contribution is -2.24. The average molecular weight is 244 g/mol. The number of halogens is 1. The molecule has 1 aromatic heterocycles.